The maximum Gasteiger partial charge on any atom is 0.148 e. The van der Waals surface area contributed by atoms with Crippen LogP contribution in [0.5, 0.6) is 0 Å². The van der Waals surface area contributed by atoms with Gasteiger partial charge in [-0.3, -0.25) is 4.98 Å². The fourth-order valence-electron chi connectivity index (χ4n) is 1.62. The van der Waals surface area contributed by atoms with Crippen LogP contribution in [-0.2, 0) is 0 Å². The van der Waals surface area contributed by atoms with E-state index in [-0.39, 0.29) is 0 Å². The van der Waals surface area contributed by atoms with Gasteiger partial charge >= 0.3 is 0 Å². The van der Waals surface area contributed by atoms with Crippen molar-refractivity contribution in [3.05, 3.63) is 48.4 Å². The Balaban J connectivity index is 2.28. The number of nitrogens with one attached hydrogen (secondary N) is 1. The molecule has 0 aliphatic carbocycles. The van der Waals surface area contributed by atoms with Gasteiger partial charge in [0, 0.05) is 18.1 Å². The molecule has 0 radical (unpaired) electrons. The van der Waals surface area contributed by atoms with Crippen molar-refractivity contribution in [2.45, 2.75) is 19.8 Å². The van der Waals surface area contributed by atoms with Crippen LogP contribution in [-0.4, -0.2) is 9.97 Å². The van der Waals surface area contributed by atoms with Crippen LogP contribution in [0.4, 0.5) is 11.5 Å². The predicted octanol–water partition coefficient (Wildman–Crippen LogP) is 3.34. The molecule has 0 aliphatic rings. The van der Waals surface area contributed by atoms with E-state index in [1.165, 1.54) is 5.56 Å². The molecule has 0 fully saturated rings. The SMILES string of the molecule is CC(C)c1ccccc1Nc1cnccn1. The quantitative estimate of drug-likeness (QED) is 0.849. The summed E-state index contributed by atoms with van der Waals surface area (Å²) in [5.74, 6) is 1.26. The molecule has 82 valence electrons. The molecule has 0 bridgehead atoms. The van der Waals surface area contributed by atoms with E-state index in [4.69, 9.17) is 0 Å². The second-order valence-electron chi connectivity index (χ2n) is 3.96. The van der Waals surface area contributed by atoms with Crippen molar-refractivity contribution in [3.63, 3.8) is 0 Å². The Hall–Kier alpha value is -1.90. The number of hydrogen-bond acceptors (Lipinski definition) is 3. The normalized spacial score (nSPS) is 10.4. The van der Waals surface area contributed by atoms with Gasteiger partial charge in [-0.2, -0.15) is 0 Å². The molecule has 0 saturated heterocycles. The lowest BCUT2D eigenvalue weighted by molar-refractivity contribution is 0.869. The third-order valence-electron chi connectivity index (χ3n) is 2.41. The van der Waals surface area contributed by atoms with Crippen LogP contribution >= 0.6 is 0 Å². The molecule has 0 atom stereocenters. The highest BCUT2D eigenvalue weighted by Crippen LogP contribution is 2.25. The van der Waals surface area contributed by atoms with Gasteiger partial charge in [-0.1, -0.05) is 32.0 Å². The van der Waals surface area contributed by atoms with Gasteiger partial charge in [-0.25, -0.2) is 4.98 Å². The van der Waals surface area contributed by atoms with Gasteiger partial charge in [-0.05, 0) is 17.5 Å². The summed E-state index contributed by atoms with van der Waals surface area (Å²) in [7, 11) is 0. The lowest BCUT2D eigenvalue weighted by Gasteiger charge is -2.13. The molecule has 1 aromatic heterocycles. The van der Waals surface area contributed by atoms with E-state index in [2.05, 4.69) is 47.3 Å². The molecular weight excluding hydrogens is 198 g/mol. The van der Waals surface area contributed by atoms with Crippen LogP contribution in [0.25, 0.3) is 0 Å². The molecular formula is C13H15N3. The molecule has 0 aliphatic heterocycles. The van der Waals surface area contributed by atoms with Crippen molar-refractivity contribution in [2.75, 3.05) is 5.32 Å². The van der Waals surface area contributed by atoms with Crippen molar-refractivity contribution in [3.8, 4) is 0 Å². The van der Waals surface area contributed by atoms with E-state index >= 15 is 0 Å². The Morgan fingerprint density at radius 1 is 1.12 bits per heavy atom. The van der Waals surface area contributed by atoms with E-state index in [1.807, 2.05) is 6.07 Å². The van der Waals surface area contributed by atoms with Crippen LogP contribution in [0, 0.1) is 0 Å². The highest BCUT2D eigenvalue weighted by atomic mass is 15.0. The molecule has 2 rings (SSSR count). The van der Waals surface area contributed by atoms with Crippen molar-refractivity contribution in [1.82, 2.24) is 9.97 Å². The first-order valence-corrected chi connectivity index (χ1v) is 5.39. The lowest BCUT2D eigenvalue weighted by Crippen LogP contribution is -1.99. The predicted molar refractivity (Wildman–Crippen MR) is 65.8 cm³/mol. The number of nitrogens with zero attached hydrogens (tertiary/aromatic N) is 2. The van der Waals surface area contributed by atoms with Gasteiger partial charge in [0.15, 0.2) is 0 Å². The number of hydrogen-bond donors (Lipinski definition) is 1. The molecule has 0 saturated carbocycles. The summed E-state index contributed by atoms with van der Waals surface area (Å²) in [5, 5.41) is 3.28. The number of aromatic nitrogens is 2. The highest BCUT2D eigenvalue weighted by Gasteiger charge is 2.05. The average molecular weight is 213 g/mol. The fourth-order valence-corrected chi connectivity index (χ4v) is 1.62. The highest BCUT2D eigenvalue weighted by molar-refractivity contribution is 5.60. The fraction of sp³-hybridized carbons (Fsp3) is 0.231. The standard InChI is InChI=1S/C13H15N3/c1-10(2)11-5-3-4-6-12(11)16-13-9-14-7-8-15-13/h3-10H,1-2H3,(H,15,16). The van der Waals surface area contributed by atoms with Gasteiger partial charge in [0.05, 0.1) is 6.20 Å². The Morgan fingerprint density at radius 3 is 2.62 bits per heavy atom. The molecule has 3 nitrogen and oxygen atoms in total. The van der Waals surface area contributed by atoms with Gasteiger partial charge in [0.2, 0.25) is 0 Å². The van der Waals surface area contributed by atoms with Crippen molar-refractivity contribution in [2.24, 2.45) is 0 Å². The zero-order valence-electron chi connectivity index (χ0n) is 9.51. The van der Waals surface area contributed by atoms with Crippen LogP contribution in [0.3, 0.4) is 0 Å². The zero-order valence-corrected chi connectivity index (χ0v) is 9.51. The summed E-state index contributed by atoms with van der Waals surface area (Å²) in [6.07, 6.45) is 5.07. The number of benzene rings is 1. The lowest BCUT2D eigenvalue weighted by atomic mass is 10.0. The van der Waals surface area contributed by atoms with Crippen LogP contribution in [0.2, 0.25) is 0 Å². The van der Waals surface area contributed by atoms with E-state index in [0.29, 0.717) is 5.92 Å². The maximum absolute atomic E-state index is 4.20. The minimum Gasteiger partial charge on any atom is -0.339 e. The van der Waals surface area contributed by atoms with Crippen molar-refractivity contribution < 1.29 is 0 Å². The van der Waals surface area contributed by atoms with Gasteiger partial charge in [0.1, 0.15) is 5.82 Å². The summed E-state index contributed by atoms with van der Waals surface area (Å²) in [4.78, 5) is 8.23. The van der Waals surface area contributed by atoms with Gasteiger partial charge in [-0.15, -0.1) is 0 Å². The number of para-hydroxylation sites is 1. The molecule has 1 heterocycles. The monoisotopic (exact) mass is 213 g/mol. The largest absolute Gasteiger partial charge is 0.339 e. The molecule has 0 spiro atoms. The van der Waals surface area contributed by atoms with Crippen LogP contribution < -0.4 is 5.32 Å². The molecule has 0 amide bonds. The minimum atomic E-state index is 0.486. The first-order valence-electron chi connectivity index (χ1n) is 5.39. The number of anilines is 2. The third kappa shape index (κ3) is 2.37. The Labute approximate surface area is 95.6 Å². The second-order valence-corrected chi connectivity index (χ2v) is 3.96. The van der Waals surface area contributed by atoms with E-state index in [1.54, 1.807) is 18.6 Å². The molecule has 1 N–H and O–H groups in total. The smallest absolute Gasteiger partial charge is 0.148 e. The van der Waals surface area contributed by atoms with E-state index in [9.17, 15) is 0 Å². The molecule has 1 aromatic carbocycles. The van der Waals surface area contributed by atoms with Crippen LogP contribution in [0.1, 0.15) is 25.3 Å². The summed E-state index contributed by atoms with van der Waals surface area (Å²) >= 11 is 0. The molecule has 16 heavy (non-hydrogen) atoms. The zero-order chi connectivity index (χ0) is 11.4. The Kier molecular flexibility index (Phi) is 3.15. The summed E-state index contributed by atoms with van der Waals surface area (Å²) in [6, 6.07) is 8.26. The van der Waals surface area contributed by atoms with E-state index < -0.39 is 0 Å². The molecule has 0 unspecified atom stereocenters. The first-order chi connectivity index (χ1) is 7.77. The van der Waals surface area contributed by atoms with Crippen molar-refractivity contribution in [1.29, 1.82) is 0 Å². The van der Waals surface area contributed by atoms with E-state index in [0.717, 1.165) is 11.5 Å². The van der Waals surface area contributed by atoms with Gasteiger partial charge in [0.25, 0.3) is 0 Å². The number of rotatable bonds is 3. The topological polar surface area (TPSA) is 37.8 Å². The molecule has 2 aromatic rings. The summed E-state index contributed by atoms with van der Waals surface area (Å²) in [6.45, 7) is 4.36. The third-order valence-corrected chi connectivity index (χ3v) is 2.41. The average Bonchev–Trinajstić information content (AvgIpc) is 2.31. The van der Waals surface area contributed by atoms with Crippen LogP contribution in [0.15, 0.2) is 42.9 Å². The Bertz CT molecular complexity index is 452. The minimum absolute atomic E-state index is 0.486. The maximum atomic E-state index is 4.20. The summed E-state index contributed by atoms with van der Waals surface area (Å²) < 4.78 is 0. The Morgan fingerprint density at radius 2 is 1.94 bits per heavy atom. The van der Waals surface area contributed by atoms with Gasteiger partial charge < -0.3 is 5.32 Å². The molecule has 3 heteroatoms. The summed E-state index contributed by atoms with van der Waals surface area (Å²) in [5.41, 5.74) is 2.38. The first kappa shape index (κ1) is 10.6. The second kappa shape index (κ2) is 4.75. The van der Waals surface area contributed by atoms with Crippen molar-refractivity contribution >= 4 is 11.5 Å².